The number of aliphatic hydroxyl groups is 1. The van der Waals surface area contributed by atoms with E-state index in [2.05, 4.69) is 0 Å². The molecular weight excluding hydrogens is 253 g/mol. The van der Waals surface area contributed by atoms with Gasteiger partial charge in [0, 0.05) is 0 Å². The van der Waals surface area contributed by atoms with Gasteiger partial charge in [-0.05, 0) is 6.07 Å². The summed E-state index contributed by atoms with van der Waals surface area (Å²) < 4.78 is 61.7. The van der Waals surface area contributed by atoms with Crippen LogP contribution in [0.15, 0.2) is 12.1 Å². The fourth-order valence-corrected chi connectivity index (χ4v) is 1.11. The zero-order chi connectivity index (χ0) is 13.4. The summed E-state index contributed by atoms with van der Waals surface area (Å²) in [6.45, 7) is 0. The van der Waals surface area contributed by atoms with Crippen molar-refractivity contribution in [2.45, 2.75) is 12.3 Å². The van der Waals surface area contributed by atoms with Gasteiger partial charge in [-0.2, -0.15) is 13.2 Å². The van der Waals surface area contributed by atoms with Crippen LogP contribution in [0.3, 0.4) is 0 Å². The van der Waals surface area contributed by atoms with E-state index >= 15 is 0 Å². The van der Waals surface area contributed by atoms with E-state index in [1.165, 1.54) is 0 Å². The first kappa shape index (κ1) is 13.3. The average Bonchev–Trinajstić information content (AvgIpc) is 2.18. The fourth-order valence-electron chi connectivity index (χ4n) is 1.11. The van der Waals surface area contributed by atoms with Crippen LogP contribution in [0, 0.1) is 21.7 Å². The quantitative estimate of drug-likeness (QED) is 0.503. The maximum atomic E-state index is 12.7. The lowest BCUT2D eigenvalue weighted by Gasteiger charge is -2.14. The van der Waals surface area contributed by atoms with Crippen LogP contribution in [-0.2, 0) is 0 Å². The van der Waals surface area contributed by atoms with Crippen LogP contribution in [-0.4, -0.2) is 16.2 Å². The van der Waals surface area contributed by atoms with Gasteiger partial charge in [-0.25, -0.2) is 8.78 Å². The molecule has 0 aromatic heterocycles. The second kappa shape index (κ2) is 4.24. The molecule has 17 heavy (non-hydrogen) atoms. The Morgan fingerprint density at radius 1 is 1.24 bits per heavy atom. The predicted molar refractivity (Wildman–Crippen MR) is 44.0 cm³/mol. The van der Waals surface area contributed by atoms with Crippen LogP contribution in [0.2, 0.25) is 0 Å². The summed E-state index contributed by atoms with van der Waals surface area (Å²) in [6, 6.07) is -0.0642. The van der Waals surface area contributed by atoms with Crippen molar-refractivity contribution < 1.29 is 32.0 Å². The van der Waals surface area contributed by atoms with E-state index in [4.69, 9.17) is 5.11 Å². The lowest BCUT2D eigenvalue weighted by atomic mass is 10.1. The van der Waals surface area contributed by atoms with Crippen molar-refractivity contribution >= 4 is 5.69 Å². The van der Waals surface area contributed by atoms with E-state index in [0.717, 1.165) is 0 Å². The highest BCUT2D eigenvalue weighted by molar-refractivity contribution is 5.43. The molecule has 9 heteroatoms. The minimum atomic E-state index is -5.21. The third-order valence-corrected chi connectivity index (χ3v) is 1.87. The third-order valence-electron chi connectivity index (χ3n) is 1.87. The molecule has 0 aliphatic rings. The highest BCUT2D eigenvalue weighted by Crippen LogP contribution is 2.37. The largest absolute Gasteiger partial charge is 0.418 e. The number of nitrogens with zero attached hydrogens (tertiary/aromatic N) is 1. The van der Waals surface area contributed by atoms with E-state index in [1.54, 1.807) is 0 Å². The summed E-state index contributed by atoms with van der Waals surface area (Å²) in [5, 5.41) is 19.1. The number of nitro groups is 1. The Hall–Kier alpha value is -1.77. The summed E-state index contributed by atoms with van der Waals surface area (Å²) in [5.74, 6) is -3.39. The molecule has 0 bridgehead atoms. The predicted octanol–water partition coefficient (Wildman–Crippen LogP) is 2.47. The van der Waals surface area contributed by atoms with Crippen molar-refractivity contribution in [3.63, 3.8) is 0 Å². The summed E-state index contributed by atoms with van der Waals surface area (Å²) >= 11 is 0. The molecule has 0 radical (unpaired) electrons. The van der Waals surface area contributed by atoms with Gasteiger partial charge in [0.1, 0.15) is 0 Å². The number of benzene rings is 1. The normalized spacial score (nSPS) is 13.5. The molecule has 0 spiro atoms. The van der Waals surface area contributed by atoms with Gasteiger partial charge >= 0.3 is 6.18 Å². The number of hydrogen-bond acceptors (Lipinski definition) is 3. The zero-order valence-electron chi connectivity index (χ0n) is 7.83. The van der Waals surface area contributed by atoms with Crippen LogP contribution in [0.1, 0.15) is 11.7 Å². The van der Waals surface area contributed by atoms with Crippen molar-refractivity contribution in [2.75, 3.05) is 0 Å². The summed E-state index contributed by atoms with van der Waals surface area (Å²) in [7, 11) is 0. The van der Waals surface area contributed by atoms with Gasteiger partial charge in [-0.1, -0.05) is 0 Å². The molecule has 0 saturated heterocycles. The Morgan fingerprint density at radius 2 is 1.71 bits per heavy atom. The van der Waals surface area contributed by atoms with E-state index in [-0.39, 0.29) is 12.1 Å². The molecule has 1 unspecified atom stereocenters. The van der Waals surface area contributed by atoms with Crippen LogP contribution in [0.5, 0.6) is 0 Å². The van der Waals surface area contributed by atoms with Gasteiger partial charge in [0.2, 0.25) is 0 Å². The van der Waals surface area contributed by atoms with Gasteiger partial charge in [-0.3, -0.25) is 10.1 Å². The molecule has 1 rings (SSSR count). The smallest absolute Gasteiger partial charge is 0.379 e. The van der Waals surface area contributed by atoms with Gasteiger partial charge in [0.05, 0.1) is 16.6 Å². The van der Waals surface area contributed by atoms with Crippen LogP contribution in [0.25, 0.3) is 0 Å². The molecule has 0 aliphatic heterocycles. The number of alkyl halides is 3. The average molecular weight is 257 g/mol. The van der Waals surface area contributed by atoms with Crippen molar-refractivity contribution in [1.82, 2.24) is 0 Å². The first-order valence-electron chi connectivity index (χ1n) is 4.02. The highest BCUT2D eigenvalue weighted by Gasteiger charge is 2.43. The molecule has 4 nitrogen and oxygen atoms in total. The second-order valence-electron chi connectivity index (χ2n) is 3.03. The second-order valence-corrected chi connectivity index (χ2v) is 3.03. The molecule has 94 valence electrons. The highest BCUT2D eigenvalue weighted by atomic mass is 19.4. The summed E-state index contributed by atoms with van der Waals surface area (Å²) in [5.41, 5.74) is -2.69. The van der Waals surface area contributed by atoms with Gasteiger partial charge in [0.25, 0.3) is 5.69 Å². The topological polar surface area (TPSA) is 63.4 Å². The number of nitro benzene ring substituents is 1. The summed E-state index contributed by atoms with van der Waals surface area (Å²) in [4.78, 5) is 9.01. The standard InChI is InChI=1S/C8H4F5NO3/c9-4-1-3(7(15)8(11,12)13)6(14(16)17)2-5(4)10/h1-2,7,15H. The van der Waals surface area contributed by atoms with Crippen LogP contribution in [0.4, 0.5) is 27.6 Å². The Balaban J connectivity index is 3.41. The van der Waals surface area contributed by atoms with Crippen molar-refractivity contribution in [2.24, 2.45) is 0 Å². The van der Waals surface area contributed by atoms with Crippen molar-refractivity contribution in [3.05, 3.63) is 39.4 Å². The monoisotopic (exact) mass is 257 g/mol. The lowest BCUT2D eigenvalue weighted by molar-refractivity contribution is -0.387. The number of rotatable bonds is 2. The Morgan fingerprint density at radius 3 is 2.12 bits per heavy atom. The maximum absolute atomic E-state index is 12.7. The van der Waals surface area contributed by atoms with Crippen LogP contribution < -0.4 is 0 Å². The molecular formula is C8H4F5NO3. The minimum absolute atomic E-state index is 0.0143. The van der Waals surface area contributed by atoms with Gasteiger partial charge < -0.3 is 5.11 Å². The Bertz CT molecular complexity index is 459. The first-order chi connectivity index (χ1) is 7.64. The number of aliphatic hydroxyl groups excluding tert-OH is 1. The van der Waals surface area contributed by atoms with Gasteiger partial charge in [-0.15, -0.1) is 0 Å². The zero-order valence-corrected chi connectivity index (χ0v) is 7.83. The van der Waals surface area contributed by atoms with Crippen molar-refractivity contribution in [1.29, 1.82) is 0 Å². The SMILES string of the molecule is O=[N+]([O-])c1cc(F)c(F)cc1C(O)C(F)(F)F. The third kappa shape index (κ3) is 2.67. The molecule has 0 aliphatic carbocycles. The van der Waals surface area contributed by atoms with E-state index < -0.39 is 40.1 Å². The van der Waals surface area contributed by atoms with Crippen LogP contribution >= 0.6 is 0 Å². The van der Waals surface area contributed by atoms with E-state index in [0.29, 0.717) is 0 Å². The number of halogens is 5. The fraction of sp³-hybridized carbons (Fsp3) is 0.250. The molecule has 0 amide bonds. The van der Waals surface area contributed by atoms with Crippen molar-refractivity contribution in [3.8, 4) is 0 Å². The molecule has 0 saturated carbocycles. The summed E-state index contributed by atoms with van der Waals surface area (Å²) in [6.07, 6.45) is -8.47. The molecule has 1 N–H and O–H groups in total. The minimum Gasteiger partial charge on any atom is -0.379 e. The van der Waals surface area contributed by atoms with E-state index in [9.17, 15) is 32.1 Å². The maximum Gasteiger partial charge on any atom is 0.418 e. The number of hydrogen-bond donors (Lipinski definition) is 1. The molecule has 0 heterocycles. The van der Waals surface area contributed by atoms with E-state index in [1.807, 2.05) is 0 Å². The molecule has 1 aromatic rings. The molecule has 1 atom stereocenters. The molecule has 1 aromatic carbocycles. The van der Waals surface area contributed by atoms with Gasteiger partial charge in [0.15, 0.2) is 17.7 Å². The first-order valence-corrected chi connectivity index (χ1v) is 4.02. The molecule has 0 fully saturated rings. The lowest BCUT2D eigenvalue weighted by Crippen LogP contribution is -2.21. The Kier molecular flexibility index (Phi) is 3.32. The Labute approximate surface area is 90.4 Å².